The van der Waals surface area contributed by atoms with Crippen molar-refractivity contribution in [1.82, 2.24) is 10.6 Å². The molecular formula is C34H58N2O7S. The number of hydrogen-bond acceptors (Lipinski definition) is 7. The van der Waals surface area contributed by atoms with Crippen LogP contribution in [0.2, 0.25) is 0 Å². The van der Waals surface area contributed by atoms with E-state index in [2.05, 4.69) is 10.6 Å². The van der Waals surface area contributed by atoms with E-state index in [1.165, 1.54) is 0 Å². The summed E-state index contributed by atoms with van der Waals surface area (Å²) >= 11 is 0. The van der Waals surface area contributed by atoms with Crippen molar-refractivity contribution in [3.05, 3.63) is 35.9 Å². The molecule has 0 aromatic heterocycles. The number of aliphatic hydroxyl groups is 2. The van der Waals surface area contributed by atoms with Crippen LogP contribution in [0.4, 0.5) is 0 Å². The number of aliphatic hydroxyl groups excluding tert-OH is 2. The molecule has 0 unspecified atom stereocenters. The van der Waals surface area contributed by atoms with Crippen LogP contribution in [0.3, 0.4) is 0 Å². The van der Waals surface area contributed by atoms with Gasteiger partial charge >= 0.3 is 0 Å². The van der Waals surface area contributed by atoms with Crippen LogP contribution >= 0.6 is 0 Å². The second-order valence-electron chi connectivity index (χ2n) is 14.8. The third-order valence-corrected chi connectivity index (χ3v) is 11.2. The molecule has 1 saturated carbocycles. The minimum Gasteiger partial charge on any atom is -0.390 e. The molecule has 0 heterocycles. The second kappa shape index (κ2) is 16.5. The first kappa shape index (κ1) is 38.2. The van der Waals surface area contributed by atoms with E-state index in [1.807, 2.05) is 65.0 Å². The number of ether oxygens (including phenoxy) is 1. The maximum Gasteiger partial charge on any atom is 0.245 e. The Morgan fingerprint density at radius 2 is 1.50 bits per heavy atom. The summed E-state index contributed by atoms with van der Waals surface area (Å²) in [5, 5.41) is 27.6. The third-order valence-electron chi connectivity index (χ3n) is 8.45. The highest BCUT2D eigenvalue weighted by atomic mass is 32.2. The van der Waals surface area contributed by atoms with Gasteiger partial charge in [0.25, 0.3) is 0 Å². The van der Waals surface area contributed by atoms with E-state index in [0.29, 0.717) is 12.3 Å². The molecule has 2 amide bonds. The summed E-state index contributed by atoms with van der Waals surface area (Å²) in [6.45, 7) is 13.8. The smallest absolute Gasteiger partial charge is 0.245 e. The Kier molecular flexibility index (Phi) is 14.3. The van der Waals surface area contributed by atoms with Gasteiger partial charge in [-0.1, -0.05) is 76.3 Å². The molecule has 1 aromatic carbocycles. The van der Waals surface area contributed by atoms with E-state index in [4.69, 9.17) is 4.74 Å². The van der Waals surface area contributed by atoms with Gasteiger partial charge in [0.05, 0.1) is 40.8 Å². The summed E-state index contributed by atoms with van der Waals surface area (Å²) in [6.07, 6.45) is 3.79. The Labute approximate surface area is 265 Å². The molecular weight excluding hydrogens is 580 g/mol. The molecule has 0 saturated heterocycles. The summed E-state index contributed by atoms with van der Waals surface area (Å²) in [5.41, 5.74) is 0.193. The standard InChI is InChI=1S/C34H58N2O7S/c1-23(2)29(37)30(38)27(20-25-17-13-10-14-18-25)35-32(40)28(21-43-33(3,4)5)36-31(39)26(19-24-15-11-9-12-16-24)22-44(41,42)34(6,7)8/h9,11-12,15-16,23,25-30,37-38H,10,13-14,17-22H2,1-8H3,(H,35,40)(H,36,39)/t26-,27+,28+,29+,30-/m1/s1. The zero-order valence-electron chi connectivity index (χ0n) is 28.1. The minimum atomic E-state index is -3.67. The first-order valence-electron chi connectivity index (χ1n) is 16.2. The predicted molar refractivity (Wildman–Crippen MR) is 175 cm³/mol. The van der Waals surface area contributed by atoms with Gasteiger partial charge < -0.3 is 25.6 Å². The van der Waals surface area contributed by atoms with Gasteiger partial charge in [-0.05, 0) is 71.8 Å². The highest BCUT2D eigenvalue weighted by Gasteiger charge is 2.38. The van der Waals surface area contributed by atoms with E-state index >= 15 is 0 Å². The van der Waals surface area contributed by atoms with Crippen LogP contribution in [-0.2, 0) is 30.6 Å². The van der Waals surface area contributed by atoms with Gasteiger partial charge in [-0.15, -0.1) is 0 Å². The van der Waals surface area contributed by atoms with E-state index in [9.17, 15) is 28.2 Å². The maximum absolute atomic E-state index is 13.9. The quantitative estimate of drug-likeness (QED) is 0.226. The molecule has 1 fully saturated rings. The normalized spacial score (nSPS) is 18.7. The highest BCUT2D eigenvalue weighted by Crippen LogP contribution is 2.29. The molecule has 1 aliphatic rings. The monoisotopic (exact) mass is 638 g/mol. The van der Waals surface area contributed by atoms with Gasteiger partial charge in [0.15, 0.2) is 9.84 Å². The number of nitrogens with one attached hydrogen (secondary N) is 2. The lowest BCUT2D eigenvalue weighted by Gasteiger charge is -2.34. The molecule has 44 heavy (non-hydrogen) atoms. The Morgan fingerprint density at radius 1 is 0.909 bits per heavy atom. The van der Waals surface area contributed by atoms with E-state index < -0.39 is 62.2 Å². The van der Waals surface area contributed by atoms with Gasteiger partial charge in [0, 0.05) is 0 Å². The van der Waals surface area contributed by atoms with Crippen molar-refractivity contribution in [2.75, 3.05) is 12.4 Å². The van der Waals surface area contributed by atoms with Crippen molar-refractivity contribution < 1.29 is 33.0 Å². The number of rotatable bonds is 15. The summed E-state index contributed by atoms with van der Waals surface area (Å²) in [4.78, 5) is 27.7. The van der Waals surface area contributed by atoms with Crippen LogP contribution in [0.1, 0.15) is 99.5 Å². The molecule has 10 heteroatoms. The van der Waals surface area contributed by atoms with Gasteiger partial charge in [0.1, 0.15) is 12.1 Å². The fourth-order valence-corrected chi connectivity index (χ4v) is 6.73. The predicted octanol–water partition coefficient (Wildman–Crippen LogP) is 4.19. The van der Waals surface area contributed by atoms with Gasteiger partial charge in [-0.25, -0.2) is 8.42 Å². The average molecular weight is 639 g/mol. The Morgan fingerprint density at radius 3 is 2.02 bits per heavy atom. The average Bonchev–Trinajstić information content (AvgIpc) is 2.93. The molecule has 5 atom stereocenters. The number of carbonyl (C=O) groups excluding carboxylic acids is 2. The van der Waals surface area contributed by atoms with Crippen LogP contribution in [-0.4, -0.2) is 77.4 Å². The van der Waals surface area contributed by atoms with E-state index in [-0.39, 0.29) is 24.7 Å². The number of hydrogen-bond donors (Lipinski definition) is 4. The fraction of sp³-hybridized carbons (Fsp3) is 0.765. The number of amides is 2. The second-order valence-corrected chi connectivity index (χ2v) is 17.6. The highest BCUT2D eigenvalue weighted by molar-refractivity contribution is 7.92. The van der Waals surface area contributed by atoms with Crippen molar-refractivity contribution in [3.63, 3.8) is 0 Å². The van der Waals surface area contributed by atoms with Crippen molar-refractivity contribution >= 4 is 21.7 Å². The topological polar surface area (TPSA) is 142 Å². The Bertz CT molecular complexity index is 1140. The van der Waals surface area contributed by atoms with Gasteiger partial charge in [0.2, 0.25) is 11.8 Å². The molecule has 0 spiro atoms. The summed E-state index contributed by atoms with van der Waals surface area (Å²) in [7, 11) is -3.67. The largest absolute Gasteiger partial charge is 0.390 e. The lowest BCUT2D eigenvalue weighted by atomic mass is 9.82. The zero-order valence-corrected chi connectivity index (χ0v) is 29.0. The zero-order chi connectivity index (χ0) is 33.3. The van der Waals surface area contributed by atoms with Crippen LogP contribution in [0.5, 0.6) is 0 Å². The van der Waals surface area contributed by atoms with E-state index in [1.54, 1.807) is 20.8 Å². The van der Waals surface area contributed by atoms with Crippen LogP contribution < -0.4 is 10.6 Å². The van der Waals surface area contributed by atoms with Crippen LogP contribution in [0.15, 0.2) is 30.3 Å². The Balaban J connectivity index is 2.36. The number of carbonyl (C=O) groups is 2. The molecule has 1 aromatic rings. The molecule has 1 aliphatic carbocycles. The summed E-state index contributed by atoms with van der Waals surface area (Å²) in [5.74, 6) is -2.35. The van der Waals surface area contributed by atoms with Gasteiger partial charge in [-0.3, -0.25) is 9.59 Å². The Hall–Kier alpha value is -2.01. The number of benzene rings is 1. The van der Waals surface area contributed by atoms with Gasteiger partial charge in [-0.2, -0.15) is 0 Å². The van der Waals surface area contributed by atoms with Crippen LogP contribution in [0.25, 0.3) is 0 Å². The molecule has 4 N–H and O–H groups in total. The van der Waals surface area contributed by atoms with Crippen LogP contribution in [0, 0.1) is 17.8 Å². The molecule has 9 nitrogen and oxygen atoms in total. The molecule has 0 radical (unpaired) electrons. The van der Waals surface area contributed by atoms with Crippen molar-refractivity contribution in [2.45, 2.75) is 135 Å². The minimum absolute atomic E-state index is 0.149. The SMILES string of the molecule is CC(C)[C@H](O)[C@H](O)[C@H](CC1CCCCC1)NC(=O)[C@H](COC(C)(C)C)NC(=O)[C@H](Cc1ccccc1)CS(=O)(=O)C(C)(C)C. The lowest BCUT2D eigenvalue weighted by molar-refractivity contribution is -0.135. The molecule has 0 aliphatic heterocycles. The number of sulfone groups is 1. The molecule has 2 rings (SSSR count). The van der Waals surface area contributed by atoms with Crippen molar-refractivity contribution in [1.29, 1.82) is 0 Å². The van der Waals surface area contributed by atoms with E-state index in [0.717, 1.165) is 37.7 Å². The first-order valence-corrected chi connectivity index (χ1v) is 17.8. The molecule has 0 bridgehead atoms. The molecule has 252 valence electrons. The lowest BCUT2D eigenvalue weighted by Crippen LogP contribution is -2.58. The fourth-order valence-electron chi connectivity index (χ4n) is 5.43. The maximum atomic E-state index is 13.9. The third kappa shape index (κ3) is 12.4. The van der Waals surface area contributed by atoms with Crippen molar-refractivity contribution in [3.8, 4) is 0 Å². The van der Waals surface area contributed by atoms with Crippen molar-refractivity contribution in [2.24, 2.45) is 17.8 Å². The summed E-state index contributed by atoms with van der Waals surface area (Å²) < 4.78 is 31.3. The summed E-state index contributed by atoms with van der Waals surface area (Å²) in [6, 6.07) is 7.33. The first-order chi connectivity index (χ1) is 20.3.